The van der Waals surface area contributed by atoms with Crippen molar-refractivity contribution in [3.63, 3.8) is 0 Å². The fourth-order valence-corrected chi connectivity index (χ4v) is 3.21. The van der Waals surface area contributed by atoms with Gasteiger partial charge < -0.3 is 5.32 Å². The molecule has 1 aliphatic rings. The smallest absolute Gasteiger partial charge is 0.306 e. The first-order valence-electron chi connectivity index (χ1n) is 7.72. The van der Waals surface area contributed by atoms with Crippen LogP contribution in [0, 0.1) is 6.92 Å². The summed E-state index contributed by atoms with van der Waals surface area (Å²) in [7, 11) is 0. The number of nitrogens with one attached hydrogen (secondary N) is 1. The van der Waals surface area contributed by atoms with Crippen molar-refractivity contribution >= 4 is 56.6 Å². The fourth-order valence-electron chi connectivity index (χ4n) is 2.56. The zero-order valence-corrected chi connectivity index (χ0v) is 16.5. The molecule has 130 valence electrons. The Balaban J connectivity index is 1.82. The van der Waals surface area contributed by atoms with E-state index in [1.165, 1.54) is 5.01 Å². The lowest BCUT2D eigenvalue weighted by molar-refractivity contribution is 0.202. The molecule has 2 aromatic rings. The Morgan fingerprint density at radius 2 is 1.84 bits per heavy atom. The molecule has 0 radical (unpaired) electrons. The number of alkyl halides is 2. The zero-order chi connectivity index (χ0) is 18.0. The van der Waals surface area contributed by atoms with Gasteiger partial charge in [0.05, 0.1) is 11.8 Å². The number of anilines is 1. The predicted molar refractivity (Wildman–Crippen MR) is 107 cm³/mol. The highest BCUT2D eigenvalue weighted by Gasteiger charge is 2.36. The number of urea groups is 1. The Labute approximate surface area is 164 Å². The van der Waals surface area contributed by atoms with Crippen LogP contribution in [0.1, 0.15) is 17.5 Å². The van der Waals surface area contributed by atoms with Crippen LogP contribution < -0.4 is 5.32 Å². The van der Waals surface area contributed by atoms with Crippen molar-refractivity contribution in [2.24, 2.45) is 5.10 Å². The summed E-state index contributed by atoms with van der Waals surface area (Å²) in [5, 5.41) is 8.62. The lowest BCUT2D eigenvalue weighted by atomic mass is 10.0. The van der Waals surface area contributed by atoms with Crippen LogP contribution in [0.15, 0.2) is 58.1 Å². The van der Waals surface area contributed by atoms with Crippen molar-refractivity contribution in [1.29, 1.82) is 0 Å². The number of rotatable bonds is 3. The third kappa shape index (κ3) is 4.35. The topological polar surface area (TPSA) is 44.7 Å². The number of hydrogen-bond donors (Lipinski definition) is 1. The van der Waals surface area contributed by atoms with E-state index in [1.54, 1.807) is 12.1 Å². The first-order chi connectivity index (χ1) is 11.9. The minimum Gasteiger partial charge on any atom is -0.306 e. The van der Waals surface area contributed by atoms with E-state index in [-0.39, 0.29) is 6.03 Å². The van der Waals surface area contributed by atoms with Gasteiger partial charge in [0.15, 0.2) is 0 Å². The van der Waals surface area contributed by atoms with Crippen molar-refractivity contribution in [2.75, 3.05) is 5.32 Å². The molecular weight excluding hydrogens is 425 g/mol. The van der Waals surface area contributed by atoms with Gasteiger partial charge in [-0.3, -0.25) is 0 Å². The Hall–Kier alpha value is -1.56. The van der Waals surface area contributed by atoms with Gasteiger partial charge in [0.25, 0.3) is 0 Å². The minimum absolute atomic E-state index is 0.360. The number of carbonyl (C=O) groups is 1. The van der Waals surface area contributed by atoms with Crippen LogP contribution in [0.25, 0.3) is 0 Å². The van der Waals surface area contributed by atoms with Crippen LogP contribution in [0.3, 0.4) is 0 Å². The van der Waals surface area contributed by atoms with Gasteiger partial charge in [-0.05, 0) is 36.8 Å². The van der Waals surface area contributed by atoms with E-state index in [1.807, 2.05) is 43.3 Å². The minimum atomic E-state index is -0.734. The third-order valence-corrected chi connectivity index (χ3v) is 5.03. The number of carbonyl (C=O) groups excluding carboxylic acids is 1. The second kappa shape index (κ2) is 7.77. The Morgan fingerprint density at radius 3 is 2.44 bits per heavy atom. The highest BCUT2D eigenvalue weighted by atomic mass is 79.9. The molecule has 0 aromatic heterocycles. The molecule has 0 spiro atoms. The largest absolute Gasteiger partial charge is 0.342 e. The highest BCUT2D eigenvalue weighted by molar-refractivity contribution is 9.10. The van der Waals surface area contributed by atoms with E-state index in [2.05, 4.69) is 26.3 Å². The van der Waals surface area contributed by atoms with Crippen LogP contribution in [-0.2, 0) is 0 Å². The number of halogens is 3. The molecule has 2 amide bonds. The predicted octanol–water partition coefficient (Wildman–Crippen LogP) is 5.57. The van der Waals surface area contributed by atoms with Crippen LogP contribution in [0.2, 0.25) is 0 Å². The van der Waals surface area contributed by atoms with Gasteiger partial charge in [-0.1, -0.05) is 45.8 Å². The standard InChI is InChI=1S/C18H16BrCl2N3O/c1-11-2-4-12(5-3-11)15-10-16(17(20)21)24(23-15)18(25)22-14-8-6-13(19)7-9-14/h2-9,16-17H,10H2,1H3,(H,22,25). The number of nitrogens with zero attached hydrogens (tertiary/aromatic N) is 2. The average Bonchev–Trinajstić information content (AvgIpc) is 3.03. The zero-order valence-electron chi connectivity index (χ0n) is 13.4. The van der Waals surface area contributed by atoms with E-state index >= 15 is 0 Å². The van der Waals surface area contributed by atoms with Gasteiger partial charge in [-0.15, -0.1) is 23.2 Å². The van der Waals surface area contributed by atoms with E-state index in [4.69, 9.17) is 23.2 Å². The molecule has 25 heavy (non-hydrogen) atoms. The quantitative estimate of drug-likeness (QED) is 0.622. The third-order valence-electron chi connectivity index (χ3n) is 3.92. The average molecular weight is 441 g/mol. The van der Waals surface area contributed by atoms with Crippen molar-refractivity contribution in [2.45, 2.75) is 24.2 Å². The number of benzene rings is 2. The molecule has 1 aliphatic heterocycles. The maximum Gasteiger partial charge on any atom is 0.342 e. The van der Waals surface area contributed by atoms with Crippen LogP contribution in [-0.4, -0.2) is 27.6 Å². The maximum atomic E-state index is 12.6. The van der Waals surface area contributed by atoms with Crippen LogP contribution >= 0.6 is 39.1 Å². The second-order valence-electron chi connectivity index (χ2n) is 5.80. The second-order valence-corrected chi connectivity index (χ2v) is 7.88. The summed E-state index contributed by atoms with van der Waals surface area (Å²) in [5.74, 6) is 0. The summed E-state index contributed by atoms with van der Waals surface area (Å²) < 4.78 is 0.936. The van der Waals surface area contributed by atoms with Gasteiger partial charge in [0.1, 0.15) is 4.84 Å². The highest BCUT2D eigenvalue weighted by Crippen LogP contribution is 2.28. The molecule has 1 heterocycles. The number of hydrazone groups is 1. The first-order valence-corrected chi connectivity index (χ1v) is 9.39. The number of amides is 2. The molecular formula is C18H16BrCl2N3O. The molecule has 2 aromatic carbocycles. The fraction of sp³-hybridized carbons (Fsp3) is 0.222. The first kappa shape index (κ1) is 18.2. The molecule has 4 nitrogen and oxygen atoms in total. The molecule has 1 unspecified atom stereocenters. The molecule has 1 N–H and O–H groups in total. The SMILES string of the molecule is Cc1ccc(C2=NN(C(=O)Nc3ccc(Br)cc3)C(C(Cl)Cl)C2)cc1. The van der Waals surface area contributed by atoms with Gasteiger partial charge in [-0.2, -0.15) is 5.10 Å². The normalized spacial score (nSPS) is 16.9. The number of hydrogen-bond acceptors (Lipinski definition) is 2. The van der Waals surface area contributed by atoms with Crippen molar-refractivity contribution in [3.8, 4) is 0 Å². The number of aryl methyl sites for hydroxylation is 1. The Bertz CT molecular complexity index is 791. The summed E-state index contributed by atoms with van der Waals surface area (Å²) in [5.41, 5.74) is 3.59. The summed E-state index contributed by atoms with van der Waals surface area (Å²) in [6.45, 7) is 2.02. The van der Waals surface area contributed by atoms with Gasteiger partial charge in [0.2, 0.25) is 0 Å². The van der Waals surface area contributed by atoms with E-state index < -0.39 is 10.9 Å². The molecule has 1 atom stereocenters. The summed E-state index contributed by atoms with van der Waals surface area (Å²) in [6.07, 6.45) is 0.508. The van der Waals surface area contributed by atoms with Crippen LogP contribution in [0.4, 0.5) is 10.5 Å². The molecule has 0 aliphatic carbocycles. The van der Waals surface area contributed by atoms with E-state index in [9.17, 15) is 4.79 Å². The van der Waals surface area contributed by atoms with E-state index in [0.717, 1.165) is 21.3 Å². The molecule has 0 fully saturated rings. The van der Waals surface area contributed by atoms with Crippen molar-refractivity contribution in [1.82, 2.24) is 5.01 Å². The van der Waals surface area contributed by atoms with Crippen molar-refractivity contribution < 1.29 is 4.79 Å². The molecule has 0 saturated heterocycles. The van der Waals surface area contributed by atoms with Gasteiger partial charge in [-0.25, -0.2) is 9.80 Å². The molecule has 3 rings (SSSR count). The Morgan fingerprint density at radius 1 is 1.20 bits per heavy atom. The maximum absolute atomic E-state index is 12.6. The van der Waals surface area contributed by atoms with Gasteiger partial charge >= 0.3 is 6.03 Å². The van der Waals surface area contributed by atoms with Crippen LogP contribution in [0.5, 0.6) is 0 Å². The Kier molecular flexibility index (Phi) is 5.67. The summed E-state index contributed by atoms with van der Waals surface area (Å²) >= 11 is 15.5. The summed E-state index contributed by atoms with van der Waals surface area (Å²) in [4.78, 5) is 11.9. The van der Waals surface area contributed by atoms with Gasteiger partial charge in [0, 0.05) is 16.6 Å². The summed E-state index contributed by atoms with van der Waals surface area (Å²) in [6, 6.07) is 14.5. The van der Waals surface area contributed by atoms with Crippen molar-refractivity contribution in [3.05, 3.63) is 64.1 Å². The monoisotopic (exact) mass is 439 g/mol. The lowest BCUT2D eigenvalue weighted by Crippen LogP contribution is -2.39. The molecule has 0 bridgehead atoms. The molecule has 0 saturated carbocycles. The van der Waals surface area contributed by atoms with E-state index in [0.29, 0.717) is 12.1 Å². The lowest BCUT2D eigenvalue weighted by Gasteiger charge is -2.22. The molecule has 7 heteroatoms.